The fourth-order valence-electron chi connectivity index (χ4n) is 3.06. The maximum Gasteiger partial charge on any atom is 0.335 e. The number of aromatic carboxylic acids is 1. The largest absolute Gasteiger partial charge is 0.478 e. The van der Waals surface area contributed by atoms with E-state index >= 15 is 0 Å². The number of nitrogens with one attached hydrogen (secondary N) is 1. The first-order chi connectivity index (χ1) is 13.9. The number of nitriles is 1. The zero-order valence-electron chi connectivity index (χ0n) is 16.0. The van der Waals surface area contributed by atoms with Crippen LogP contribution in [-0.4, -0.2) is 21.6 Å². The first kappa shape index (κ1) is 20.1. The highest BCUT2D eigenvalue weighted by Crippen LogP contribution is 2.23. The lowest BCUT2D eigenvalue weighted by Crippen LogP contribution is -2.23. The SMILES string of the molecule is Cc1cc(/C=C(\C#N)C(=O)NCc2cccs2)c(C)n1-c1ccc(C(=O)O)cc1. The van der Waals surface area contributed by atoms with Gasteiger partial charge in [0.2, 0.25) is 0 Å². The first-order valence-electron chi connectivity index (χ1n) is 8.85. The van der Waals surface area contributed by atoms with Gasteiger partial charge >= 0.3 is 5.97 Å². The number of hydrogen-bond acceptors (Lipinski definition) is 4. The van der Waals surface area contributed by atoms with E-state index in [4.69, 9.17) is 5.11 Å². The molecule has 0 aliphatic heterocycles. The zero-order chi connectivity index (χ0) is 21.0. The van der Waals surface area contributed by atoms with E-state index in [2.05, 4.69) is 5.32 Å². The molecule has 146 valence electrons. The van der Waals surface area contributed by atoms with Gasteiger partial charge in [0.1, 0.15) is 11.6 Å². The van der Waals surface area contributed by atoms with Gasteiger partial charge in [-0.3, -0.25) is 4.79 Å². The van der Waals surface area contributed by atoms with Gasteiger partial charge in [0, 0.05) is 22.0 Å². The van der Waals surface area contributed by atoms with Crippen LogP contribution in [0.5, 0.6) is 0 Å². The Morgan fingerprint density at radius 2 is 1.97 bits per heavy atom. The van der Waals surface area contributed by atoms with Gasteiger partial charge in [0.15, 0.2) is 0 Å². The van der Waals surface area contributed by atoms with Crippen molar-refractivity contribution >= 4 is 29.3 Å². The Bertz CT molecular complexity index is 1120. The molecule has 0 fully saturated rings. The number of amides is 1. The van der Waals surface area contributed by atoms with Crippen LogP contribution in [0.3, 0.4) is 0 Å². The smallest absolute Gasteiger partial charge is 0.335 e. The Hall–Kier alpha value is -3.63. The molecular formula is C22H19N3O3S. The zero-order valence-corrected chi connectivity index (χ0v) is 16.8. The lowest BCUT2D eigenvalue weighted by molar-refractivity contribution is -0.117. The highest BCUT2D eigenvalue weighted by Gasteiger charge is 2.14. The Balaban J connectivity index is 1.86. The molecule has 0 bridgehead atoms. The van der Waals surface area contributed by atoms with Crippen molar-refractivity contribution in [3.8, 4) is 11.8 Å². The van der Waals surface area contributed by atoms with Gasteiger partial charge in [-0.25, -0.2) is 4.79 Å². The molecule has 2 heterocycles. The van der Waals surface area contributed by atoms with E-state index in [1.165, 1.54) is 11.3 Å². The van der Waals surface area contributed by atoms with Crippen LogP contribution < -0.4 is 5.32 Å². The molecule has 3 aromatic rings. The number of aromatic nitrogens is 1. The molecule has 0 aliphatic rings. The number of benzene rings is 1. The summed E-state index contributed by atoms with van der Waals surface area (Å²) in [7, 11) is 0. The molecule has 0 saturated carbocycles. The standard InChI is InChI=1S/C22H19N3O3S/c1-14-10-17(11-18(12-23)21(26)24-13-20-4-3-9-29-20)15(2)25(14)19-7-5-16(6-8-19)22(27)28/h3-11H,13H2,1-2H3,(H,24,26)(H,27,28)/b18-11+. The number of carboxylic acid groups (broad SMARTS) is 1. The second-order valence-corrected chi connectivity index (χ2v) is 7.48. The van der Waals surface area contributed by atoms with Crippen molar-refractivity contribution in [1.82, 2.24) is 9.88 Å². The summed E-state index contributed by atoms with van der Waals surface area (Å²) in [6.45, 7) is 4.19. The van der Waals surface area contributed by atoms with Crippen LogP contribution >= 0.6 is 11.3 Å². The van der Waals surface area contributed by atoms with E-state index in [9.17, 15) is 14.9 Å². The monoisotopic (exact) mass is 405 g/mol. The molecule has 2 aromatic heterocycles. The number of thiophene rings is 1. The molecule has 0 atom stereocenters. The fourth-order valence-corrected chi connectivity index (χ4v) is 3.71. The van der Waals surface area contributed by atoms with Crippen LogP contribution in [0.2, 0.25) is 0 Å². The summed E-state index contributed by atoms with van der Waals surface area (Å²) in [5.74, 6) is -1.40. The van der Waals surface area contributed by atoms with Gasteiger partial charge in [-0.2, -0.15) is 5.26 Å². The minimum Gasteiger partial charge on any atom is -0.478 e. The minimum atomic E-state index is -0.978. The number of carbonyl (C=O) groups is 2. The van der Waals surface area contributed by atoms with E-state index in [-0.39, 0.29) is 11.1 Å². The maximum atomic E-state index is 12.4. The Morgan fingerprint density at radius 3 is 2.55 bits per heavy atom. The molecule has 3 rings (SSSR count). The maximum absolute atomic E-state index is 12.4. The highest BCUT2D eigenvalue weighted by atomic mass is 32.1. The number of hydrogen-bond donors (Lipinski definition) is 2. The summed E-state index contributed by atoms with van der Waals surface area (Å²) in [6.07, 6.45) is 1.58. The van der Waals surface area contributed by atoms with Gasteiger partial charge < -0.3 is 15.0 Å². The van der Waals surface area contributed by atoms with E-state index < -0.39 is 11.9 Å². The highest BCUT2D eigenvalue weighted by molar-refractivity contribution is 7.09. The quantitative estimate of drug-likeness (QED) is 0.477. The van der Waals surface area contributed by atoms with Crippen molar-refractivity contribution in [2.75, 3.05) is 0 Å². The number of nitrogens with zero attached hydrogens (tertiary/aromatic N) is 2. The van der Waals surface area contributed by atoms with Gasteiger partial charge in [-0.05, 0) is 67.3 Å². The van der Waals surface area contributed by atoms with Gasteiger partial charge in [-0.15, -0.1) is 11.3 Å². The number of rotatable bonds is 6. The Morgan fingerprint density at radius 1 is 1.24 bits per heavy atom. The normalized spacial score (nSPS) is 11.1. The number of aryl methyl sites for hydroxylation is 1. The fraction of sp³-hybridized carbons (Fsp3) is 0.136. The molecular weight excluding hydrogens is 386 g/mol. The van der Waals surface area contributed by atoms with Crippen LogP contribution in [0, 0.1) is 25.2 Å². The van der Waals surface area contributed by atoms with Crippen molar-refractivity contribution in [3.63, 3.8) is 0 Å². The van der Waals surface area contributed by atoms with E-state index in [1.54, 1.807) is 30.3 Å². The molecule has 0 unspecified atom stereocenters. The van der Waals surface area contributed by atoms with Crippen LogP contribution in [0.25, 0.3) is 11.8 Å². The van der Waals surface area contributed by atoms with Gasteiger partial charge in [0.25, 0.3) is 5.91 Å². The third kappa shape index (κ3) is 4.45. The molecule has 6 nitrogen and oxygen atoms in total. The Labute approximate surface area is 172 Å². The van der Waals surface area contributed by atoms with Crippen molar-refractivity contribution in [3.05, 3.63) is 80.8 Å². The van der Waals surface area contributed by atoms with Crippen molar-refractivity contribution in [2.45, 2.75) is 20.4 Å². The first-order valence-corrected chi connectivity index (χ1v) is 9.73. The number of carboxylic acids is 1. The van der Waals surface area contributed by atoms with Crippen molar-refractivity contribution in [2.24, 2.45) is 0 Å². The lowest BCUT2D eigenvalue weighted by Gasteiger charge is -2.10. The van der Waals surface area contributed by atoms with Gasteiger partial charge in [-0.1, -0.05) is 6.07 Å². The molecule has 0 radical (unpaired) electrons. The molecule has 0 saturated heterocycles. The third-order valence-electron chi connectivity index (χ3n) is 4.51. The molecule has 7 heteroatoms. The molecule has 29 heavy (non-hydrogen) atoms. The Kier molecular flexibility index (Phi) is 5.96. The molecule has 2 N–H and O–H groups in total. The summed E-state index contributed by atoms with van der Waals surface area (Å²) in [5.41, 5.74) is 3.57. The predicted molar refractivity (Wildman–Crippen MR) is 112 cm³/mol. The minimum absolute atomic E-state index is 0.0306. The summed E-state index contributed by atoms with van der Waals surface area (Å²) in [5, 5.41) is 23.2. The molecule has 1 aromatic carbocycles. The van der Waals surface area contributed by atoms with Crippen LogP contribution in [0.1, 0.15) is 32.2 Å². The second-order valence-electron chi connectivity index (χ2n) is 6.45. The van der Waals surface area contributed by atoms with Crippen molar-refractivity contribution < 1.29 is 14.7 Å². The predicted octanol–water partition coefficient (Wildman–Crippen LogP) is 4.08. The van der Waals surface area contributed by atoms with Crippen LogP contribution in [0.4, 0.5) is 0 Å². The van der Waals surface area contributed by atoms with Crippen molar-refractivity contribution in [1.29, 1.82) is 5.26 Å². The molecule has 0 aliphatic carbocycles. The van der Waals surface area contributed by atoms with Crippen LogP contribution in [-0.2, 0) is 11.3 Å². The second kappa shape index (κ2) is 8.59. The van der Waals surface area contributed by atoms with Gasteiger partial charge in [0.05, 0.1) is 12.1 Å². The van der Waals surface area contributed by atoms with E-state index in [1.807, 2.05) is 48.1 Å². The summed E-state index contributed by atoms with van der Waals surface area (Å²) in [4.78, 5) is 24.5. The average Bonchev–Trinajstić information content (AvgIpc) is 3.32. The number of carbonyl (C=O) groups excluding carboxylic acids is 1. The third-order valence-corrected chi connectivity index (χ3v) is 5.39. The lowest BCUT2D eigenvalue weighted by atomic mass is 10.1. The van der Waals surface area contributed by atoms with E-state index in [0.717, 1.165) is 27.5 Å². The van der Waals surface area contributed by atoms with Crippen LogP contribution in [0.15, 0.2) is 53.4 Å². The summed E-state index contributed by atoms with van der Waals surface area (Å²) >= 11 is 1.54. The molecule has 0 spiro atoms. The topological polar surface area (TPSA) is 95.1 Å². The average molecular weight is 405 g/mol. The van der Waals surface area contributed by atoms with E-state index in [0.29, 0.717) is 6.54 Å². The summed E-state index contributed by atoms with van der Waals surface area (Å²) in [6, 6.07) is 14.3. The molecule has 1 amide bonds. The summed E-state index contributed by atoms with van der Waals surface area (Å²) < 4.78 is 1.95.